The maximum Gasteiger partial charge on any atom is -1.00 e. The van der Waals surface area contributed by atoms with Crippen molar-refractivity contribution < 1.29 is 45.2 Å². The average Bonchev–Trinajstić information content (AvgIpc) is 2.61. The van der Waals surface area contributed by atoms with E-state index in [1.165, 1.54) is 27.0 Å². The fourth-order valence-corrected chi connectivity index (χ4v) is 4.38. The SMILES string of the molecule is CC1=CC(C)=C(c2[pH]c(C)[c]([Ti+2])c2C)C1.[Cl-].[Cl-]. The van der Waals surface area contributed by atoms with E-state index in [9.17, 15) is 0 Å². The molecular weight excluding hydrogens is 306 g/mol. The molecule has 0 fully saturated rings. The zero-order valence-corrected chi connectivity index (χ0v) is 14.6. The van der Waals surface area contributed by atoms with Gasteiger partial charge in [-0.25, -0.2) is 0 Å². The summed E-state index contributed by atoms with van der Waals surface area (Å²) in [6.45, 7) is 9.04. The van der Waals surface area contributed by atoms with E-state index in [-0.39, 0.29) is 24.8 Å². The van der Waals surface area contributed by atoms with Crippen molar-refractivity contribution in [3.63, 3.8) is 0 Å². The summed E-state index contributed by atoms with van der Waals surface area (Å²) in [5.41, 5.74) is 6.12. The monoisotopic (exact) mass is 321 g/mol. The van der Waals surface area contributed by atoms with Crippen molar-refractivity contribution >= 4 is 17.6 Å². The van der Waals surface area contributed by atoms with Crippen LogP contribution in [0.3, 0.4) is 0 Å². The van der Waals surface area contributed by atoms with Gasteiger partial charge in [0.15, 0.2) is 0 Å². The van der Waals surface area contributed by atoms with E-state index in [1.807, 2.05) is 0 Å². The summed E-state index contributed by atoms with van der Waals surface area (Å²) in [6, 6.07) is 0. The minimum atomic E-state index is 0. The number of hydrogen-bond donors (Lipinski definition) is 0. The molecule has 0 aromatic carbocycles. The summed E-state index contributed by atoms with van der Waals surface area (Å²) in [4.78, 5) is 0. The molecule has 0 aliphatic heterocycles. The van der Waals surface area contributed by atoms with Crippen LogP contribution in [0.2, 0.25) is 0 Å². The Hall–Kier alpha value is 0.554. The van der Waals surface area contributed by atoms with Crippen LogP contribution in [0.1, 0.15) is 36.4 Å². The van der Waals surface area contributed by atoms with Crippen LogP contribution < -0.4 is 28.7 Å². The smallest absolute Gasteiger partial charge is 1.00 e. The van der Waals surface area contributed by atoms with Crippen molar-refractivity contribution in [3.8, 4) is 0 Å². The molecule has 0 spiro atoms. The van der Waals surface area contributed by atoms with Crippen molar-refractivity contribution in [2.75, 3.05) is 0 Å². The maximum absolute atomic E-state index is 2.34. The molecule has 0 nitrogen and oxygen atoms in total. The van der Waals surface area contributed by atoms with Gasteiger partial charge in [-0.05, 0) is 0 Å². The fourth-order valence-electron chi connectivity index (χ4n) is 2.26. The first-order valence-corrected chi connectivity index (χ1v) is 7.07. The molecular formula is C13H16Cl2PTi. The largest absolute Gasteiger partial charge is 1.00 e. The van der Waals surface area contributed by atoms with Crippen LogP contribution in [0.5, 0.6) is 0 Å². The van der Waals surface area contributed by atoms with Crippen molar-refractivity contribution in [3.05, 3.63) is 33.4 Å². The molecule has 1 heterocycles. The molecule has 4 heteroatoms. The fraction of sp³-hybridized carbons (Fsp3) is 0.385. The second-order valence-electron chi connectivity index (χ2n) is 4.45. The van der Waals surface area contributed by atoms with Crippen LogP contribution in [0.25, 0.3) is 5.57 Å². The van der Waals surface area contributed by atoms with Gasteiger partial charge >= 0.3 is 106 Å². The Bertz CT molecular complexity index is 484. The molecule has 2 rings (SSSR count). The molecule has 1 aromatic heterocycles. The Balaban J connectivity index is 0.00000128. The minimum absolute atomic E-state index is 0. The van der Waals surface area contributed by atoms with Crippen molar-refractivity contribution in [2.45, 2.75) is 34.1 Å². The van der Waals surface area contributed by atoms with E-state index in [4.69, 9.17) is 0 Å². The summed E-state index contributed by atoms with van der Waals surface area (Å²) < 4.78 is 1.52. The van der Waals surface area contributed by atoms with Crippen molar-refractivity contribution in [1.82, 2.24) is 0 Å². The topological polar surface area (TPSA) is 0 Å². The third kappa shape index (κ3) is 3.31. The number of hydrogen-bond acceptors (Lipinski definition) is 0. The van der Waals surface area contributed by atoms with Crippen LogP contribution >= 0.6 is 8.19 Å². The molecule has 1 atom stereocenters. The first-order chi connectivity index (χ1) is 7.00. The average molecular weight is 322 g/mol. The number of rotatable bonds is 1. The molecule has 1 aliphatic rings. The number of allylic oxidation sites excluding steroid dienone is 4. The molecule has 1 aliphatic carbocycles. The Morgan fingerprint density at radius 1 is 1.12 bits per heavy atom. The molecule has 0 saturated carbocycles. The van der Waals surface area contributed by atoms with E-state index < -0.39 is 0 Å². The Kier molecular flexibility index (Phi) is 6.86. The molecule has 0 bridgehead atoms. The second kappa shape index (κ2) is 6.64. The normalized spacial score (nSPS) is 14.8. The molecule has 1 unspecified atom stereocenters. The zero-order valence-electron chi connectivity index (χ0n) is 10.5. The second-order valence-corrected chi connectivity index (χ2v) is 6.73. The van der Waals surface area contributed by atoms with Crippen LogP contribution in [0, 0.1) is 13.8 Å². The maximum atomic E-state index is 2.34. The molecule has 0 radical (unpaired) electrons. The minimum Gasteiger partial charge on any atom is -1.00 e. The van der Waals surface area contributed by atoms with Crippen LogP contribution in [0.15, 0.2) is 17.2 Å². The van der Waals surface area contributed by atoms with Crippen LogP contribution in [-0.2, 0) is 20.4 Å². The first kappa shape index (κ1) is 17.6. The van der Waals surface area contributed by atoms with E-state index in [0.717, 1.165) is 8.19 Å². The molecule has 91 valence electrons. The molecule has 17 heavy (non-hydrogen) atoms. The van der Waals surface area contributed by atoms with Gasteiger partial charge in [0.05, 0.1) is 0 Å². The van der Waals surface area contributed by atoms with Crippen LogP contribution in [0.4, 0.5) is 0 Å². The summed E-state index contributed by atoms with van der Waals surface area (Å²) >= 11 is 2.26. The Morgan fingerprint density at radius 3 is 2.06 bits per heavy atom. The molecule has 1 aromatic rings. The van der Waals surface area contributed by atoms with E-state index in [2.05, 4.69) is 54.2 Å². The zero-order chi connectivity index (χ0) is 11.2. The molecule has 0 N–H and O–H groups in total. The number of halogens is 2. The van der Waals surface area contributed by atoms with Gasteiger partial charge in [0.1, 0.15) is 0 Å². The van der Waals surface area contributed by atoms with Gasteiger partial charge < -0.3 is 24.8 Å². The van der Waals surface area contributed by atoms with Crippen molar-refractivity contribution in [1.29, 1.82) is 0 Å². The quantitative estimate of drug-likeness (QED) is 0.508. The van der Waals surface area contributed by atoms with Gasteiger partial charge in [0.25, 0.3) is 0 Å². The van der Waals surface area contributed by atoms with Gasteiger partial charge in [-0.1, -0.05) is 0 Å². The summed E-state index contributed by atoms with van der Waals surface area (Å²) in [5, 5.41) is 3.20. The molecule has 0 amide bonds. The standard InChI is InChI=1S/C13H16P.2ClH.Ti/c1-8-5-9(2)12(6-8)13-10(3)7-11(4)14-13;;;/h5,14H,6H2,1-4H3;2*1H;/q;;;+2/p-2. The van der Waals surface area contributed by atoms with Crippen molar-refractivity contribution in [2.24, 2.45) is 0 Å². The van der Waals surface area contributed by atoms with Gasteiger partial charge in [-0.3, -0.25) is 0 Å². The summed E-state index contributed by atoms with van der Waals surface area (Å²) in [5.74, 6) is 0. The van der Waals surface area contributed by atoms with Gasteiger partial charge in [-0.15, -0.1) is 0 Å². The van der Waals surface area contributed by atoms with Gasteiger partial charge in [-0.2, -0.15) is 0 Å². The summed E-state index contributed by atoms with van der Waals surface area (Å²) in [7, 11) is 0.912. The number of aryl methyl sites for hydroxylation is 1. The first-order valence-electron chi connectivity index (χ1n) is 5.28. The van der Waals surface area contributed by atoms with E-state index >= 15 is 0 Å². The van der Waals surface area contributed by atoms with Crippen LogP contribution in [-0.4, -0.2) is 0 Å². The third-order valence-electron chi connectivity index (χ3n) is 3.13. The van der Waals surface area contributed by atoms with Gasteiger partial charge in [0.2, 0.25) is 0 Å². The summed E-state index contributed by atoms with van der Waals surface area (Å²) in [6.07, 6.45) is 3.51. The predicted octanol–water partition coefficient (Wildman–Crippen LogP) is -2.36. The van der Waals surface area contributed by atoms with Gasteiger partial charge in [0, 0.05) is 0 Å². The molecule has 0 saturated heterocycles. The Labute approximate surface area is 130 Å². The Morgan fingerprint density at radius 2 is 1.71 bits per heavy atom. The van der Waals surface area contributed by atoms with E-state index in [1.54, 1.807) is 16.2 Å². The van der Waals surface area contributed by atoms with E-state index in [0.29, 0.717) is 0 Å². The third-order valence-corrected chi connectivity index (χ3v) is 6.25. The predicted molar refractivity (Wildman–Crippen MR) is 66.0 cm³/mol.